The molecule has 3 aliphatic rings. The van der Waals surface area contributed by atoms with Crippen molar-refractivity contribution in [1.82, 2.24) is 0 Å². The monoisotopic (exact) mass is 504 g/mol. The van der Waals surface area contributed by atoms with Crippen molar-refractivity contribution >= 4 is 11.8 Å². The Bertz CT molecular complexity index is 1240. The van der Waals surface area contributed by atoms with Gasteiger partial charge < -0.3 is 14.6 Å². The van der Waals surface area contributed by atoms with Crippen LogP contribution in [0.15, 0.2) is 58.7 Å². The van der Waals surface area contributed by atoms with Crippen LogP contribution in [0.5, 0.6) is 11.5 Å². The fourth-order valence-corrected chi connectivity index (χ4v) is 5.99. The van der Waals surface area contributed by atoms with Gasteiger partial charge in [-0.1, -0.05) is 43.2 Å². The normalized spacial score (nSPS) is 29.1. The minimum atomic E-state index is -1.21. The number of rotatable bonds is 7. The number of hydrogen-bond donors (Lipinski definition) is 1. The van der Waals surface area contributed by atoms with Crippen LogP contribution in [-0.4, -0.2) is 22.6 Å². The van der Waals surface area contributed by atoms with Crippen molar-refractivity contribution in [2.24, 2.45) is 17.3 Å². The summed E-state index contributed by atoms with van der Waals surface area (Å²) in [7, 11) is 0. The summed E-state index contributed by atoms with van der Waals surface area (Å²) in [5.74, 6) is -0.759. The van der Waals surface area contributed by atoms with Crippen LogP contribution >= 0.6 is 0 Å². The number of ketones is 1. The molecule has 1 fully saturated rings. The zero-order chi connectivity index (χ0) is 27.1. The van der Waals surface area contributed by atoms with E-state index in [1.807, 2.05) is 19.9 Å². The Hall–Kier alpha value is -3.08. The second-order valence-electron chi connectivity index (χ2n) is 11.7. The zero-order valence-electron chi connectivity index (χ0n) is 23.2. The molecule has 1 N–H and O–H groups in total. The number of phenolic OH excluding ortho intramolecular Hbond substituents is 1. The summed E-state index contributed by atoms with van der Waals surface area (Å²) in [6, 6.07) is 3.42. The van der Waals surface area contributed by atoms with Gasteiger partial charge >= 0.3 is 5.97 Å². The SMILES string of the molecule is CC(C)=CCC/C(C)=C/Cc1cc(O)cc(C)c1O[C@@]12C[C@@H]3C=CC(=O)[C@H](C)[C@@]3(C)CC1=C(C)C(=O)O2. The molecule has 0 bridgehead atoms. The highest BCUT2D eigenvalue weighted by Crippen LogP contribution is 2.58. The largest absolute Gasteiger partial charge is 0.508 e. The van der Waals surface area contributed by atoms with Gasteiger partial charge in [-0.15, -0.1) is 0 Å². The van der Waals surface area contributed by atoms with Crippen LogP contribution in [0.3, 0.4) is 0 Å². The van der Waals surface area contributed by atoms with Crippen LogP contribution in [0.4, 0.5) is 0 Å². The third-order valence-electron chi connectivity index (χ3n) is 8.64. The van der Waals surface area contributed by atoms with Crippen molar-refractivity contribution in [3.05, 3.63) is 69.9 Å². The van der Waals surface area contributed by atoms with Crippen molar-refractivity contribution in [2.45, 2.75) is 86.4 Å². The Kier molecular flexibility index (Phi) is 7.29. The van der Waals surface area contributed by atoms with E-state index < -0.39 is 5.79 Å². The lowest BCUT2D eigenvalue weighted by molar-refractivity contribution is -0.189. The molecule has 0 saturated heterocycles. The van der Waals surface area contributed by atoms with Crippen LogP contribution in [-0.2, 0) is 20.7 Å². The van der Waals surface area contributed by atoms with Crippen LogP contribution in [0.2, 0.25) is 0 Å². The highest BCUT2D eigenvalue weighted by molar-refractivity contribution is 5.94. The summed E-state index contributed by atoms with van der Waals surface area (Å²) < 4.78 is 12.8. The highest BCUT2D eigenvalue weighted by Gasteiger charge is 2.60. The van der Waals surface area contributed by atoms with Crippen LogP contribution in [0.25, 0.3) is 0 Å². The zero-order valence-corrected chi connectivity index (χ0v) is 23.2. The van der Waals surface area contributed by atoms with Gasteiger partial charge in [0, 0.05) is 29.0 Å². The second-order valence-corrected chi connectivity index (χ2v) is 11.7. The molecule has 4 atom stereocenters. The Morgan fingerprint density at radius 3 is 2.62 bits per heavy atom. The van der Waals surface area contributed by atoms with Gasteiger partial charge in [0.25, 0.3) is 5.79 Å². The van der Waals surface area contributed by atoms with Crippen molar-refractivity contribution in [3.63, 3.8) is 0 Å². The van der Waals surface area contributed by atoms with Gasteiger partial charge in [-0.05, 0) is 95.4 Å². The number of allylic oxidation sites excluding steroid dienone is 6. The molecule has 37 heavy (non-hydrogen) atoms. The first kappa shape index (κ1) is 27.0. The minimum Gasteiger partial charge on any atom is -0.508 e. The molecule has 5 nitrogen and oxygen atoms in total. The van der Waals surface area contributed by atoms with E-state index in [4.69, 9.17) is 9.47 Å². The van der Waals surface area contributed by atoms with Gasteiger partial charge in [-0.25, -0.2) is 4.79 Å². The van der Waals surface area contributed by atoms with E-state index in [1.165, 1.54) is 11.1 Å². The average Bonchev–Trinajstić information content (AvgIpc) is 3.05. The quantitative estimate of drug-likeness (QED) is 0.317. The van der Waals surface area contributed by atoms with E-state index >= 15 is 0 Å². The third kappa shape index (κ3) is 5.05. The molecule has 1 heterocycles. The fourth-order valence-electron chi connectivity index (χ4n) is 5.99. The number of carbonyl (C=O) groups excluding carboxylic acids is 2. The standard InChI is InChI=1S/C32H40O5/c1-19(2)9-8-10-20(3)11-12-24-16-26(33)15-21(4)29(24)36-32-17-25-13-14-28(34)23(6)31(25,7)18-27(32)22(5)30(35)37-32/h9,11,13-16,23,25,33H,8,10,12,17-18H2,1-7H3/b20-11+/t23-,25-,31+,32+/m0/s1. The van der Waals surface area contributed by atoms with Gasteiger partial charge in [-0.2, -0.15) is 0 Å². The molecule has 2 aliphatic carbocycles. The van der Waals surface area contributed by atoms with Crippen LogP contribution < -0.4 is 4.74 Å². The first-order chi connectivity index (χ1) is 17.4. The summed E-state index contributed by atoms with van der Waals surface area (Å²) in [6.07, 6.45) is 11.6. The van der Waals surface area contributed by atoms with Crippen molar-refractivity contribution < 1.29 is 24.2 Å². The number of hydrogen-bond acceptors (Lipinski definition) is 5. The molecule has 1 aliphatic heterocycles. The summed E-state index contributed by atoms with van der Waals surface area (Å²) in [5, 5.41) is 10.4. The van der Waals surface area contributed by atoms with Crippen molar-refractivity contribution in [1.29, 1.82) is 0 Å². The molecule has 1 aromatic rings. The van der Waals surface area contributed by atoms with Gasteiger partial charge in [0.2, 0.25) is 0 Å². The molecule has 0 aromatic heterocycles. The Balaban J connectivity index is 1.69. The summed E-state index contributed by atoms with van der Waals surface area (Å²) >= 11 is 0. The van der Waals surface area contributed by atoms with E-state index in [2.05, 4.69) is 39.8 Å². The predicted molar refractivity (Wildman–Crippen MR) is 145 cm³/mol. The Labute approximate surface area is 220 Å². The van der Waals surface area contributed by atoms with Gasteiger partial charge in [0.1, 0.15) is 11.5 Å². The van der Waals surface area contributed by atoms with E-state index in [0.717, 1.165) is 29.5 Å². The van der Waals surface area contributed by atoms with Crippen LogP contribution in [0, 0.1) is 24.2 Å². The Morgan fingerprint density at radius 1 is 1.19 bits per heavy atom. The maximum Gasteiger partial charge on any atom is 0.337 e. The second kappa shape index (κ2) is 10.00. The van der Waals surface area contributed by atoms with Crippen LogP contribution in [0.1, 0.15) is 78.4 Å². The van der Waals surface area contributed by atoms with Gasteiger partial charge in [-0.3, -0.25) is 4.79 Å². The first-order valence-electron chi connectivity index (χ1n) is 13.3. The predicted octanol–water partition coefficient (Wildman–Crippen LogP) is 7.08. The lowest BCUT2D eigenvalue weighted by Crippen LogP contribution is -2.53. The fraction of sp³-hybridized carbons (Fsp3) is 0.500. The molecule has 0 radical (unpaired) electrons. The molecule has 1 saturated carbocycles. The molecule has 198 valence electrons. The van der Waals surface area contributed by atoms with E-state index in [1.54, 1.807) is 25.1 Å². The van der Waals surface area contributed by atoms with Gasteiger partial charge in [0.05, 0.1) is 0 Å². The highest BCUT2D eigenvalue weighted by atomic mass is 16.7. The number of aryl methyl sites for hydroxylation is 1. The summed E-state index contributed by atoms with van der Waals surface area (Å²) in [6.45, 7) is 14.1. The molecule has 5 heteroatoms. The number of ether oxygens (including phenoxy) is 2. The minimum absolute atomic E-state index is 0.0285. The summed E-state index contributed by atoms with van der Waals surface area (Å²) in [5.41, 5.74) is 5.32. The molecule has 0 amide bonds. The molecular weight excluding hydrogens is 464 g/mol. The van der Waals surface area contributed by atoms with Gasteiger partial charge in [0.15, 0.2) is 5.78 Å². The lowest BCUT2D eigenvalue weighted by Gasteiger charge is -2.51. The lowest BCUT2D eigenvalue weighted by atomic mass is 9.55. The third-order valence-corrected chi connectivity index (χ3v) is 8.64. The van der Waals surface area contributed by atoms with E-state index in [9.17, 15) is 14.7 Å². The maximum absolute atomic E-state index is 12.9. The van der Waals surface area contributed by atoms with Crippen molar-refractivity contribution in [2.75, 3.05) is 0 Å². The number of esters is 1. The molecule has 0 unspecified atom stereocenters. The number of fused-ring (bicyclic) bond motifs is 2. The van der Waals surface area contributed by atoms with E-state index in [-0.39, 0.29) is 34.8 Å². The number of phenols is 1. The molecular formula is C32H40O5. The number of aromatic hydroxyl groups is 1. The smallest absolute Gasteiger partial charge is 0.337 e. The maximum atomic E-state index is 12.9. The van der Waals surface area contributed by atoms with E-state index in [0.29, 0.717) is 30.6 Å². The topological polar surface area (TPSA) is 72.8 Å². The van der Waals surface area contributed by atoms with Crippen molar-refractivity contribution in [3.8, 4) is 11.5 Å². The number of benzene rings is 1. The molecule has 4 rings (SSSR count). The molecule has 1 aromatic carbocycles. The Morgan fingerprint density at radius 2 is 1.92 bits per heavy atom. The summed E-state index contributed by atoms with van der Waals surface area (Å²) in [4.78, 5) is 25.4. The number of carbonyl (C=O) groups is 2. The molecule has 0 spiro atoms. The first-order valence-corrected chi connectivity index (χ1v) is 13.3. The average molecular weight is 505 g/mol.